The second-order valence-electron chi connectivity index (χ2n) is 3.25. The molecule has 0 spiro atoms. The number of hydrogen-bond donors (Lipinski definition) is 1. The number of rotatable bonds is 7. The molecular formula is C11H17ClN2O. The first-order valence-corrected chi connectivity index (χ1v) is 5.65. The van der Waals surface area contributed by atoms with E-state index in [-0.39, 0.29) is 0 Å². The predicted octanol–water partition coefficient (Wildman–Crippen LogP) is 2.50. The molecule has 0 aliphatic heterocycles. The van der Waals surface area contributed by atoms with Crippen LogP contribution in [0.15, 0.2) is 18.5 Å². The van der Waals surface area contributed by atoms with Crippen LogP contribution in [0.5, 0.6) is 5.75 Å². The van der Waals surface area contributed by atoms with Gasteiger partial charge in [-0.25, -0.2) is 0 Å². The number of halogens is 1. The highest BCUT2D eigenvalue weighted by Crippen LogP contribution is 2.15. The fraction of sp³-hybridized carbons (Fsp3) is 0.545. The van der Waals surface area contributed by atoms with Crippen LogP contribution in [-0.2, 0) is 0 Å². The monoisotopic (exact) mass is 228 g/mol. The first-order chi connectivity index (χ1) is 7.33. The lowest BCUT2D eigenvalue weighted by molar-refractivity contribution is 0.305. The molecule has 1 N–H and O–H groups in total. The number of ether oxygens (including phenoxy) is 1. The van der Waals surface area contributed by atoms with Crippen LogP contribution in [0.3, 0.4) is 0 Å². The van der Waals surface area contributed by atoms with Gasteiger partial charge in [-0.2, -0.15) is 0 Å². The van der Waals surface area contributed by atoms with Gasteiger partial charge in [0, 0.05) is 12.3 Å². The Balaban J connectivity index is 2.10. The second-order valence-corrected chi connectivity index (χ2v) is 3.68. The summed E-state index contributed by atoms with van der Waals surface area (Å²) in [5.41, 5.74) is 0. The standard InChI is InChI=1S/C11H17ClN2O/c1-2-13-5-3-4-6-15-11-7-10(12)8-14-9-11/h7-9,13H,2-6H2,1H3. The van der Waals surface area contributed by atoms with Gasteiger partial charge in [0.2, 0.25) is 0 Å². The third kappa shape index (κ3) is 5.60. The Morgan fingerprint density at radius 2 is 2.27 bits per heavy atom. The maximum absolute atomic E-state index is 5.77. The van der Waals surface area contributed by atoms with Gasteiger partial charge < -0.3 is 10.1 Å². The van der Waals surface area contributed by atoms with Crippen molar-refractivity contribution in [2.75, 3.05) is 19.7 Å². The van der Waals surface area contributed by atoms with E-state index in [4.69, 9.17) is 16.3 Å². The molecule has 1 aromatic heterocycles. The summed E-state index contributed by atoms with van der Waals surface area (Å²) in [6, 6.07) is 1.78. The Labute approximate surface area is 95.8 Å². The Kier molecular flexibility index (Phi) is 6.12. The maximum Gasteiger partial charge on any atom is 0.139 e. The molecule has 1 rings (SSSR count). The minimum Gasteiger partial charge on any atom is -0.492 e. The summed E-state index contributed by atoms with van der Waals surface area (Å²) in [7, 11) is 0. The third-order valence-electron chi connectivity index (χ3n) is 1.95. The van der Waals surface area contributed by atoms with Gasteiger partial charge in [-0.3, -0.25) is 4.98 Å². The second kappa shape index (κ2) is 7.49. The average Bonchev–Trinajstić information content (AvgIpc) is 2.23. The van der Waals surface area contributed by atoms with E-state index in [9.17, 15) is 0 Å². The van der Waals surface area contributed by atoms with Crippen LogP contribution in [0.25, 0.3) is 0 Å². The molecule has 0 saturated heterocycles. The minimum absolute atomic E-state index is 0.611. The zero-order valence-corrected chi connectivity index (χ0v) is 9.76. The fourth-order valence-electron chi connectivity index (χ4n) is 1.19. The van der Waals surface area contributed by atoms with Gasteiger partial charge in [-0.15, -0.1) is 0 Å². The largest absolute Gasteiger partial charge is 0.492 e. The number of unbranched alkanes of at least 4 members (excludes halogenated alkanes) is 1. The highest BCUT2D eigenvalue weighted by molar-refractivity contribution is 6.30. The smallest absolute Gasteiger partial charge is 0.139 e. The molecule has 1 aromatic rings. The molecule has 3 nitrogen and oxygen atoms in total. The summed E-state index contributed by atoms with van der Waals surface area (Å²) in [4.78, 5) is 3.94. The van der Waals surface area contributed by atoms with Gasteiger partial charge in [-0.05, 0) is 25.9 Å². The first kappa shape index (κ1) is 12.3. The van der Waals surface area contributed by atoms with E-state index in [1.807, 2.05) is 0 Å². The number of pyridine rings is 1. The van der Waals surface area contributed by atoms with Gasteiger partial charge in [0.15, 0.2) is 0 Å². The SMILES string of the molecule is CCNCCCCOc1cncc(Cl)c1. The molecule has 1 heterocycles. The van der Waals surface area contributed by atoms with Crippen molar-refractivity contribution < 1.29 is 4.74 Å². The number of hydrogen-bond acceptors (Lipinski definition) is 3. The summed E-state index contributed by atoms with van der Waals surface area (Å²) in [5, 5.41) is 3.88. The van der Waals surface area contributed by atoms with Crippen LogP contribution in [0.1, 0.15) is 19.8 Å². The van der Waals surface area contributed by atoms with Crippen LogP contribution in [0, 0.1) is 0 Å². The van der Waals surface area contributed by atoms with Crippen molar-refractivity contribution in [2.45, 2.75) is 19.8 Å². The molecule has 84 valence electrons. The van der Waals surface area contributed by atoms with E-state index >= 15 is 0 Å². The summed E-state index contributed by atoms with van der Waals surface area (Å²) in [6.07, 6.45) is 5.44. The molecule has 0 aromatic carbocycles. The van der Waals surface area contributed by atoms with Crippen molar-refractivity contribution in [2.24, 2.45) is 0 Å². The Bertz CT molecular complexity index is 281. The fourth-order valence-corrected chi connectivity index (χ4v) is 1.35. The molecule has 0 atom stereocenters. The molecule has 0 fully saturated rings. The molecule has 0 unspecified atom stereocenters. The highest BCUT2D eigenvalue weighted by Gasteiger charge is 1.95. The van der Waals surface area contributed by atoms with Gasteiger partial charge in [0.05, 0.1) is 17.8 Å². The first-order valence-electron chi connectivity index (χ1n) is 5.27. The lowest BCUT2D eigenvalue weighted by Crippen LogP contribution is -2.14. The van der Waals surface area contributed by atoms with Crippen LogP contribution < -0.4 is 10.1 Å². The van der Waals surface area contributed by atoms with Crippen molar-refractivity contribution in [3.05, 3.63) is 23.5 Å². The topological polar surface area (TPSA) is 34.1 Å². The van der Waals surface area contributed by atoms with E-state index in [1.54, 1.807) is 18.5 Å². The lowest BCUT2D eigenvalue weighted by Gasteiger charge is -2.05. The van der Waals surface area contributed by atoms with Gasteiger partial charge in [-0.1, -0.05) is 18.5 Å². The molecule has 0 radical (unpaired) electrons. The molecule has 0 aliphatic carbocycles. The van der Waals surface area contributed by atoms with E-state index in [1.165, 1.54) is 0 Å². The van der Waals surface area contributed by atoms with Gasteiger partial charge >= 0.3 is 0 Å². The third-order valence-corrected chi connectivity index (χ3v) is 2.15. The zero-order chi connectivity index (χ0) is 10.9. The molecule has 4 heteroatoms. The van der Waals surface area contributed by atoms with Crippen molar-refractivity contribution in [3.8, 4) is 5.75 Å². The Morgan fingerprint density at radius 3 is 3.00 bits per heavy atom. The minimum atomic E-state index is 0.611. The van der Waals surface area contributed by atoms with E-state index in [2.05, 4.69) is 17.2 Å². The molecule has 0 amide bonds. The lowest BCUT2D eigenvalue weighted by atomic mass is 10.3. The van der Waals surface area contributed by atoms with Crippen molar-refractivity contribution in [1.29, 1.82) is 0 Å². The van der Waals surface area contributed by atoms with Crippen molar-refractivity contribution in [1.82, 2.24) is 10.3 Å². The summed E-state index contributed by atoms with van der Waals surface area (Å²) < 4.78 is 5.49. The molecule has 15 heavy (non-hydrogen) atoms. The Morgan fingerprint density at radius 1 is 1.40 bits per heavy atom. The van der Waals surface area contributed by atoms with Gasteiger partial charge in [0.25, 0.3) is 0 Å². The predicted molar refractivity (Wildman–Crippen MR) is 62.5 cm³/mol. The Hall–Kier alpha value is -0.800. The number of nitrogens with one attached hydrogen (secondary N) is 1. The van der Waals surface area contributed by atoms with Gasteiger partial charge in [0.1, 0.15) is 5.75 Å². The number of nitrogens with zero attached hydrogens (tertiary/aromatic N) is 1. The highest BCUT2D eigenvalue weighted by atomic mass is 35.5. The summed E-state index contributed by atoms with van der Waals surface area (Å²) in [5.74, 6) is 0.742. The molecule has 0 aliphatic rings. The van der Waals surface area contributed by atoms with Crippen LogP contribution in [0.2, 0.25) is 5.02 Å². The van der Waals surface area contributed by atoms with Crippen LogP contribution in [-0.4, -0.2) is 24.7 Å². The van der Waals surface area contributed by atoms with Crippen molar-refractivity contribution in [3.63, 3.8) is 0 Å². The average molecular weight is 229 g/mol. The van der Waals surface area contributed by atoms with E-state index in [0.717, 1.165) is 31.7 Å². The van der Waals surface area contributed by atoms with Crippen LogP contribution >= 0.6 is 11.6 Å². The summed E-state index contributed by atoms with van der Waals surface area (Å²) in [6.45, 7) is 4.90. The molecule has 0 bridgehead atoms. The van der Waals surface area contributed by atoms with Crippen LogP contribution in [0.4, 0.5) is 0 Å². The molecule has 0 saturated carbocycles. The van der Waals surface area contributed by atoms with Crippen molar-refractivity contribution >= 4 is 11.6 Å². The molecular weight excluding hydrogens is 212 g/mol. The quantitative estimate of drug-likeness (QED) is 0.729. The zero-order valence-electron chi connectivity index (χ0n) is 9.00. The number of aromatic nitrogens is 1. The maximum atomic E-state index is 5.77. The normalized spacial score (nSPS) is 10.3. The van der Waals surface area contributed by atoms with E-state index in [0.29, 0.717) is 11.6 Å². The van der Waals surface area contributed by atoms with E-state index < -0.39 is 0 Å². The summed E-state index contributed by atoms with van der Waals surface area (Å²) >= 11 is 5.77.